The van der Waals surface area contributed by atoms with Crippen LogP contribution in [0.25, 0.3) is 0 Å². The van der Waals surface area contributed by atoms with Gasteiger partial charge in [0.1, 0.15) is 11.5 Å². The summed E-state index contributed by atoms with van der Waals surface area (Å²) in [7, 11) is -7.02. The summed E-state index contributed by atoms with van der Waals surface area (Å²) in [4.78, 5) is 11.4. The highest BCUT2D eigenvalue weighted by atomic mass is 32.2. The molecule has 188 valence electrons. The molecule has 0 saturated heterocycles. The second-order valence-corrected chi connectivity index (χ2v) is 10.1. The molecule has 0 aromatic heterocycles. The van der Waals surface area contributed by atoms with Crippen LogP contribution in [0.4, 0.5) is 39.5 Å². The molecule has 31 heavy (non-hydrogen) atoms. The molecule has 0 spiro atoms. The number of hydrogen-bond donors (Lipinski definition) is 0. The fourth-order valence-electron chi connectivity index (χ4n) is 1.79. The van der Waals surface area contributed by atoms with E-state index in [0.29, 0.717) is 16.7 Å². The number of Topliss-reactive ketones (excluding diaryl/α,β-unsaturated/α-hetero) is 1. The molecule has 0 aromatic rings. The van der Waals surface area contributed by atoms with Crippen molar-refractivity contribution in [2.75, 3.05) is 17.3 Å². The highest BCUT2D eigenvalue weighted by Crippen LogP contribution is 2.54. The highest BCUT2D eigenvalue weighted by Gasteiger charge is 2.83. The summed E-state index contributed by atoms with van der Waals surface area (Å²) in [6.07, 6.45) is -1.33. The second-order valence-electron chi connectivity index (χ2n) is 6.38. The summed E-state index contributed by atoms with van der Waals surface area (Å²) in [5.74, 6) is -10.9. The smallest absolute Gasteiger partial charge is 0.460 e. The average Bonchev–Trinajstić information content (AvgIpc) is 2.62. The molecule has 0 N–H and O–H groups in total. The van der Waals surface area contributed by atoms with E-state index in [0.717, 1.165) is 12.2 Å². The summed E-state index contributed by atoms with van der Waals surface area (Å²) >= 11 is 0. The third-order valence-corrected chi connectivity index (χ3v) is 7.11. The Morgan fingerprint density at radius 3 is 1.45 bits per heavy atom. The van der Waals surface area contributed by atoms with Crippen LogP contribution in [-0.2, 0) is 25.8 Å². The highest BCUT2D eigenvalue weighted by molar-refractivity contribution is 7.97. The van der Waals surface area contributed by atoms with Gasteiger partial charge in [0, 0.05) is 6.42 Å². The predicted molar refractivity (Wildman–Crippen MR) is 97.7 cm³/mol. The monoisotopic (exact) mass is 516 g/mol. The maximum atomic E-state index is 12.2. The number of ketones is 1. The normalized spacial score (nSPS) is 13.7. The number of hydrogen-bond acceptors (Lipinski definition) is 4. The summed E-state index contributed by atoms with van der Waals surface area (Å²) in [5.41, 5.74) is 0. The van der Waals surface area contributed by atoms with Gasteiger partial charge in [-0.25, -0.2) is 8.42 Å². The minimum atomic E-state index is -7.43. The Hall–Kier alpha value is -0.700. The van der Waals surface area contributed by atoms with E-state index in [4.69, 9.17) is 0 Å². The number of carbonyl (C=O) groups is 1. The van der Waals surface area contributed by atoms with Crippen molar-refractivity contribution in [2.24, 2.45) is 0 Å². The Kier molecular flexibility index (Phi) is 13.1. The molecule has 0 aliphatic rings. The van der Waals surface area contributed by atoms with E-state index >= 15 is 0 Å². The van der Waals surface area contributed by atoms with Crippen LogP contribution in [0, 0.1) is 0 Å². The van der Waals surface area contributed by atoms with Gasteiger partial charge in [-0.1, -0.05) is 33.6 Å². The molecule has 0 saturated carbocycles. The Labute approximate surface area is 178 Å². The van der Waals surface area contributed by atoms with E-state index in [1.165, 1.54) is 37.2 Å². The van der Waals surface area contributed by atoms with E-state index in [-0.39, 0.29) is 0 Å². The van der Waals surface area contributed by atoms with Crippen LogP contribution >= 0.6 is 0 Å². The molecule has 0 radical (unpaired) electrons. The van der Waals surface area contributed by atoms with Gasteiger partial charge in [0.15, 0.2) is 21.7 Å². The number of alkyl halides is 9. The molecular weight excluding hydrogens is 491 g/mol. The number of rotatable bonds is 12. The molecular formula is C16H25F9O4S2. The zero-order valence-electron chi connectivity index (χ0n) is 17.0. The molecule has 0 aliphatic carbocycles. The van der Waals surface area contributed by atoms with Crippen LogP contribution in [0.15, 0.2) is 0 Å². The first kappa shape index (κ1) is 32.5. The van der Waals surface area contributed by atoms with Gasteiger partial charge in [0.05, 0.1) is 0 Å². The molecule has 0 bridgehead atoms. The van der Waals surface area contributed by atoms with Gasteiger partial charge >= 0.3 is 23.3 Å². The van der Waals surface area contributed by atoms with Crippen molar-refractivity contribution in [2.45, 2.75) is 76.2 Å². The topological polar surface area (TPSA) is 74.3 Å². The van der Waals surface area contributed by atoms with E-state index in [1.54, 1.807) is 0 Å². The van der Waals surface area contributed by atoms with Crippen LogP contribution in [0.3, 0.4) is 0 Å². The molecule has 0 atom stereocenters. The van der Waals surface area contributed by atoms with Gasteiger partial charge in [-0.3, -0.25) is 4.79 Å². The van der Waals surface area contributed by atoms with Crippen molar-refractivity contribution in [1.29, 1.82) is 0 Å². The predicted octanol–water partition coefficient (Wildman–Crippen LogP) is 5.14. The van der Waals surface area contributed by atoms with E-state index in [2.05, 4.69) is 13.8 Å². The van der Waals surface area contributed by atoms with Crippen LogP contribution < -0.4 is 0 Å². The fraction of sp³-hybridized carbons (Fsp3) is 0.938. The largest absolute Gasteiger partial charge is 0.743 e. The molecule has 0 heterocycles. The Balaban J connectivity index is 0. The quantitative estimate of drug-likeness (QED) is 0.205. The summed E-state index contributed by atoms with van der Waals surface area (Å²) < 4.78 is 135. The third kappa shape index (κ3) is 8.98. The zero-order chi connectivity index (χ0) is 25.3. The standard InChI is InChI=1S/C12H25OS.C4HF9O3S/c1-4-7-9-14(10-8-5-2)11-12(13)6-3;5-1(6,3(9,10)11)2(7,8)4(12,13)17(14,15)16/h4-11H2,1-3H3;(H,14,15,16)/q+1;/p-1. The first-order valence-corrected chi connectivity index (χ1v) is 12.2. The molecule has 0 aromatic carbocycles. The molecule has 4 nitrogen and oxygen atoms in total. The van der Waals surface area contributed by atoms with Crippen molar-refractivity contribution in [3.63, 3.8) is 0 Å². The molecule has 0 unspecified atom stereocenters. The van der Waals surface area contributed by atoms with Gasteiger partial charge in [-0.2, -0.15) is 39.5 Å². The minimum absolute atomic E-state index is 0.396. The minimum Gasteiger partial charge on any atom is -0.743 e. The lowest BCUT2D eigenvalue weighted by atomic mass is 10.1. The maximum absolute atomic E-state index is 12.2. The van der Waals surface area contributed by atoms with Gasteiger partial charge in [0.25, 0.3) is 0 Å². The lowest BCUT2D eigenvalue weighted by Crippen LogP contribution is -2.63. The van der Waals surface area contributed by atoms with Crippen molar-refractivity contribution in [3.05, 3.63) is 0 Å². The lowest BCUT2D eigenvalue weighted by Gasteiger charge is -2.34. The van der Waals surface area contributed by atoms with Gasteiger partial charge < -0.3 is 4.55 Å². The fourth-order valence-corrected chi connectivity index (χ4v) is 4.78. The lowest BCUT2D eigenvalue weighted by molar-refractivity contribution is -0.382. The molecule has 0 aliphatic heterocycles. The molecule has 0 rings (SSSR count). The van der Waals surface area contributed by atoms with Crippen molar-refractivity contribution in [3.8, 4) is 0 Å². The van der Waals surface area contributed by atoms with Crippen LogP contribution in [0.5, 0.6) is 0 Å². The van der Waals surface area contributed by atoms with Gasteiger partial charge in [-0.05, 0) is 23.7 Å². The molecule has 0 amide bonds. The molecule has 15 heteroatoms. The van der Waals surface area contributed by atoms with Crippen molar-refractivity contribution >= 4 is 26.8 Å². The zero-order valence-corrected chi connectivity index (χ0v) is 18.6. The van der Waals surface area contributed by atoms with E-state index in [9.17, 15) is 57.3 Å². The van der Waals surface area contributed by atoms with Crippen LogP contribution in [0.2, 0.25) is 0 Å². The summed E-state index contributed by atoms with van der Waals surface area (Å²) in [6, 6.07) is 0. The third-order valence-electron chi connectivity index (χ3n) is 3.76. The number of carbonyl (C=O) groups excluding carboxylic acids is 1. The first-order chi connectivity index (χ1) is 13.7. The summed E-state index contributed by atoms with van der Waals surface area (Å²) in [5, 5.41) is -7.11. The van der Waals surface area contributed by atoms with Crippen molar-refractivity contribution < 1.29 is 57.3 Å². The van der Waals surface area contributed by atoms with E-state index < -0.39 is 33.4 Å². The number of unbranched alkanes of at least 4 members (excludes halogenated alkanes) is 2. The van der Waals surface area contributed by atoms with Crippen LogP contribution in [0.1, 0.15) is 52.9 Å². The SMILES string of the molecule is CCCC[S+](CCCC)CC(=O)CC.O=S(=O)([O-])C(F)(F)C(F)(F)C(F)(F)C(F)(F)F. The summed E-state index contributed by atoms with van der Waals surface area (Å²) in [6.45, 7) is 6.43. The maximum Gasteiger partial charge on any atom is 0.460 e. The van der Waals surface area contributed by atoms with Crippen molar-refractivity contribution in [1.82, 2.24) is 0 Å². The molecule has 0 fully saturated rings. The Morgan fingerprint density at radius 2 is 1.19 bits per heavy atom. The second kappa shape index (κ2) is 12.5. The first-order valence-electron chi connectivity index (χ1n) is 9.05. The Bertz CT molecular complexity index is 642. The van der Waals surface area contributed by atoms with Crippen LogP contribution in [-0.4, -0.2) is 59.3 Å². The van der Waals surface area contributed by atoms with E-state index in [1.807, 2.05) is 6.92 Å². The average molecular weight is 516 g/mol. The van der Waals surface area contributed by atoms with Gasteiger partial charge in [0.2, 0.25) is 0 Å². The van der Waals surface area contributed by atoms with Gasteiger partial charge in [-0.15, -0.1) is 0 Å². The number of halogens is 9. The Morgan fingerprint density at radius 1 is 0.806 bits per heavy atom.